The highest BCUT2D eigenvalue weighted by Gasteiger charge is 2.17. The lowest BCUT2D eigenvalue weighted by atomic mass is 10.1. The first-order chi connectivity index (χ1) is 9.56. The average molecular weight is 378 g/mol. The molecule has 1 aromatic heterocycles. The van der Waals surface area contributed by atoms with Crippen molar-refractivity contribution in [1.82, 2.24) is 0 Å². The Hall–Kier alpha value is -0.750. The topological polar surface area (TPSA) is 38.7 Å². The summed E-state index contributed by atoms with van der Waals surface area (Å²) in [4.78, 5) is 1.09. The van der Waals surface area contributed by atoms with E-state index in [2.05, 4.69) is 15.9 Å². The molecule has 108 valence electrons. The standard InChI is InChI=1S/C14H14BrClO3S/c1-18-12-6-8(5-10(16)14(12)19-2)11(17)7-13-9(15)3-4-20-13/h3-6,11,17H,7H2,1-2H3. The highest BCUT2D eigenvalue weighted by atomic mass is 79.9. The normalized spacial score (nSPS) is 12.2. The van der Waals surface area contributed by atoms with Crippen molar-refractivity contribution in [2.45, 2.75) is 12.5 Å². The predicted octanol–water partition coefficient (Wildman–Crippen LogP) is 4.46. The molecule has 0 aliphatic carbocycles. The lowest BCUT2D eigenvalue weighted by molar-refractivity contribution is 0.178. The molecule has 0 radical (unpaired) electrons. The molecular formula is C14H14BrClO3S. The summed E-state index contributed by atoms with van der Waals surface area (Å²) >= 11 is 11.2. The van der Waals surface area contributed by atoms with Crippen molar-refractivity contribution < 1.29 is 14.6 Å². The molecule has 2 aromatic rings. The van der Waals surface area contributed by atoms with E-state index in [4.69, 9.17) is 21.1 Å². The van der Waals surface area contributed by atoms with Crippen LogP contribution in [0.15, 0.2) is 28.1 Å². The zero-order valence-electron chi connectivity index (χ0n) is 11.0. The van der Waals surface area contributed by atoms with E-state index in [0.29, 0.717) is 28.5 Å². The van der Waals surface area contributed by atoms with E-state index in [1.165, 1.54) is 7.11 Å². The van der Waals surface area contributed by atoms with E-state index in [-0.39, 0.29) is 0 Å². The van der Waals surface area contributed by atoms with E-state index in [0.717, 1.165) is 9.35 Å². The molecule has 0 saturated heterocycles. The quantitative estimate of drug-likeness (QED) is 0.836. The SMILES string of the molecule is COc1cc(C(O)Cc2sccc2Br)cc(Cl)c1OC. The third-order valence-electron chi connectivity index (χ3n) is 2.91. The molecule has 0 saturated carbocycles. The summed E-state index contributed by atoms with van der Waals surface area (Å²) in [5.41, 5.74) is 0.702. The smallest absolute Gasteiger partial charge is 0.179 e. The van der Waals surface area contributed by atoms with Crippen molar-refractivity contribution in [2.75, 3.05) is 14.2 Å². The third-order valence-corrected chi connectivity index (χ3v) is 5.14. The number of hydrogen-bond donors (Lipinski definition) is 1. The van der Waals surface area contributed by atoms with Gasteiger partial charge in [0.25, 0.3) is 0 Å². The van der Waals surface area contributed by atoms with Gasteiger partial charge in [0.1, 0.15) is 0 Å². The molecule has 1 N–H and O–H groups in total. The van der Waals surface area contributed by atoms with Crippen LogP contribution in [0, 0.1) is 0 Å². The van der Waals surface area contributed by atoms with Gasteiger partial charge in [0.2, 0.25) is 0 Å². The van der Waals surface area contributed by atoms with Gasteiger partial charge in [-0.15, -0.1) is 11.3 Å². The zero-order valence-corrected chi connectivity index (χ0v) is 14.2. The summed E-state index contributed by atoms with van der Waals surface area (Å²) in [7, 11) is 3.07. The summed E-state index contributed by atoms with van der Waals surface area (Å²) < 4.78 is 11.4. The summed E-state index contributed by atoms with van der Waals surface area (Å²) in [5.74, 6) is 0.988. The Labute approximate surface area is 135 Å². The Morgan fingerprint density at radius 2 is 2.10 bits per heavy atom. The number of thiophene rings is 1. The minimum absolute atomic E-state index is 0.422. The molecule has 1 unspecified atom stereocenters. The number of aliphatic hydroxyl groups is 1. The van der Waals surface area contributed by atoms with E-state index in [1.807, 2.05) is 11.4 Å². The molecule has 3 nitrogen and oxygen atoms in total. The summed E-state index contributed by atoms with van der Waals surface area (Å²) in [6.45, 7) is 0. The number of benzene rings is 1. The predicted molar refractivity (Wildman–Crippen MR) is 85.2 cm³/mol. The largest absolute Gasteiger partial charge is 0.493 e. The summed E-state index contributed by atoms with van der Waals surface area (Å²) in [6, 6.07) is 5.42. The number of hydrogen-bond acceptors (Lipinski definition) is 4. The van der Waals surface area contributed by atoms with Gasteiger partial charge >= 0.3 is 0 Å². The van der Waals surface area contributed by atoms with Crippen LogP contribution in [-0.4, -0.2) is 19.3 Å². The van der Waals surface area contributed by atoms with Crippen molar-refractivity contribution in [3.05, 3.63) is 43.5 Å². The maximum Gasteiger partial charge on any atom is 0.179 e. The molecule has 1 heterocycles. The number of ether oxygens (including phenoxy) is 2. The Kier molecular flexibility index (Phi) is 5.32. The Morgan fingerprint density at radius 3 is 2.65 bits per heavy atom. The fourth-order valence-electron chi connectivity index (χ4n) is 1.89. The van der Waals surface area contributed by atoms with Crippen LogP contribution in [0.25, 0.3) is 0 Å². The second-order valence-electron chi connectivity index (χ2n) is 4.15. The molecule has 1 atom stereocenters. The van der Waals surface area contributed by atoms with Crippen LogP contribution < -0.4 is 9.47 Å². The molecule has 0 aliphatic heterocycles. The molecule has 0 fully saturated rings. The maximum absolute atomic E-state index is 10.4. The molecule has 0 amide bonds. The van der Waals surface area contributed by atoms with Crippen molar-refractivity contribution in [3.8, 4) is 11.5 Å². The second-order valence-corrected chi connectivity index (χ2v) is 6.41. The molecule has 0 aliphatic rings. The van der Waals surface area contributed by atoms with E-state index < -0.39 is 6.10 Å². The third kappa shape index (κ3) is 3.28. The van der Waals surface area contributed by atoms with E-state index >= 15 is 0 Å². The van der Waals surface area contributed by atoms with Gasteiger partial charge in [0, 0.05) is 15.8 Å². The molecule has 2 rings (SSSR count). The first-order valence-corrected chi connectivity index (χ1v) is 7.93. The van der Waals surface area contributed by atoms with Crippen LogP contribution >= 0.6 is 38.9 Å². The van der Waals surface area contributed by atoms with Gasteiger partial charge in [-0.3, -0.25) is 0 Å². The van der Waals surface area contributed by atoms with Gasteiger partial charge in [-0.1, -0.05) is 11.6 Å². The second kappa shape index (κ2) is 6.80. The Morgan fingerprint density at radius 1 is 1.35 bits per heavy atom. The van der Waals surface area contributed by atoms with E-state index in [9.17, 15) is 5.11 Å². The summed E-state index contributed by atoms with van der Waals surface area (Å²) in [6.07, 6.45) is -0.133. The molecule has 1 aromatic carbocycles. The van der Waals surface area contributed by atoms with Crippen LogP contribution in [0.5, 0.6) is 11.5 Å². The molecule has 0 bridgehead atoms. The molecular weight excluding hydrogens is 364 g/mol. The average Bonchev–Trinajstić information content (AvgIpc) is 2.83. The monoisotopic (exact) mass is 376 g/mol. The maximum atomic E-state index is 10.4. The van der Waals surface area contributed by atoms with Crippen LogP contribution in [-0.2, 0) is 6.42 Å². The molecule has 20 heavy (non-hydrogen) atoms. The highest BCUT2D eigenvalue weighted by molar-refractivity contribution is 9.10. The lowest BCUT2D eigenvalue weighted by Crippen LogP contribution is -2.02. The highest BCUT2D eigenvalue weighted by Crippen LogP contribution is 2.38. The molecule has 6 heteroatoms. The van der Waals surface area contributed by atoms with Gasteiger partial charge in [0.05, 0.1) is 25.3 Å². The number of methoxy groups -OCH3 is 2. The number of aliphatic hydroxyl groups excluding tert-OH is 1. The minimum atomic E-state index is -0.651. The van der Waals surface area contributed by atoms with Crippen molar-refractivity contribution in [1.29, 1.82) is 0 Å². The fourth-order valence-corrected chi connectivity index (χ4v) is 3.74. The van der Waals surface area contributed by atoms with Gasteiger partial charge in [-0.05, 0) is 45.1 Å². The Bertz CT molecular complexity index is 600. The Balaban J connectivity index is 2.28. The van der Waals surface area contributed by atoms with Crippen molar-refractivity contribution in [2.24, 2.45) is 0 Å². The van der Waals surface area contributed by atoms with Crippen LogP contribution in [0.4, 0.5) is 0 Å². The first-order valence-electron chi connectivity index (χ1n) is 5.88. The minimum Gasteiger partial charge on any atom is -0.493 e. The number of halogens is 2. The van der Waals surface area contributed by atoms with Crippen molar-refractivity contribution in [3.63, 3.8) is 0 Å². The van der Waals surface area contributed by atoms with Crippen LogP contribution in [0.2, 0.25) is 5.02 Å². The first kappa shape index (κ1) is 15.6. The van der Waals surface area contributed by atoms with Gasteiger partial charge in [0.15, 0.2) is 11.5 Å². The van der Waals surface area contributed by atoms with Crippen LogP contribution in [0.3, 0.4) is 0 Å². The fraction of sp³-hybridized carbons (Fsp3) is 0.286. The lowest BCUT2D eigenvalue weighted by Gasteiger charge is -2.15. The van der Waals surface area contributed by atoms with Crippen LogP contribution in [0.1, 0.15) is 16.5 Å². The van der Waals surface area contributed by atoms with Crippen molar-refractivity contribution >= 4 is 38.9 Å². The van der Waals surface area contributed by atoms with Gasteiger partial charge < -0.3 is 14.6 Å². The van der Waals surface area contributed by atoms with Gasteiger partial charge in [-0.2, -0.15) is 0 Å². The van der Waals surface area contributed by atoms with Gasteiger partial charge in [-0.25, -0.2) is 0 Å². The number of rotatable bonds is 5. The molecule has 0 spiro atoms. The zero-order chi connectivity index (χ0) is 14.7. The van der Waals surface area contributed by atoms with E-state index in [1.54, 1.807) is 30.6 Å². The summed E-state index contributed by atoms with van der Waals surface area (Å²) in [5, 5.41) is 12.8.